The number of unbranched alkanes of at least 4 members (excludes halogenated alkanes) is 4. The minimum Gasteiger partial charge on any atom is -0.481 e. The summed E-state index contributed by atoms with van der Waals surface area (Å²) < 4.78 is 0. The Hall–Kier alpha value is -2.44. The lowest BCUT2D eigenvalue weighted by Crippen LogP contribution is -2.25. The summed E-state index contributed by atoms with van der Waals surface area (Å²) in [5.41, 5.74) is 0.625. The molecule has 2 N–H and O–H groups in total. The van der Waals surface area contributed by atoms with Crippen molar-refractivity contribution < 1.29 is 19.6 Å². The molecule has 1 aromatic carbocycles. The van der Waals surface area contributed by atoms with Gasteiger partial charge in [-0.1, -0.05) is 25.3 Å². The molecule has 0 bridgehead atoms. The molecule has 0 atom stereocenters. The van der Waals surface area contributed by atoms with E-state index in [1.54, 1.807) is 13.0 Å². The number of nitro groups is 1. The van der Waals surface area contributed by atoms with Crippen LogP contribution < -0.4 is 5.32 Å². The van der Waals surface area contributed by atoms with Crippen molar-refractivity contribution in [1.82, 2.24) is 5.32 Å². The molecule has 0 unspecified atom stereocenters. The van der Waals surface area contributed by atoms with E-state index in [9.17, 15) is 19.7 Å². The quantitative estimate of drug-likeness (QED) is 0.391. The number of hydrogen-bond donors (Lipinski definition) is 2. The van der Waals surface area contributed by atoms with Crippen LogP contribution in [0.2, 0.25) is 0 Å². The van der Waals surface area contributed by atoms with Gasteiger partial charge in [0.15, 0.2) is 0 Å². The zero-order valence-corrected chi connectivity index (χ0v) is 13.2. The smallest absolute Gasteiger partial charge is 0.303 e. The lowest BCUT2D eigenvalue weighted by molar-refractivity contribution is -0.385. The number of carbonyl (C=O) groups is 2. The molecule has 0 saturated heterocycles. The molecule has 1 amide bonds. The SMILES string of the molecule is Cc1c(C(=O)NCCCCCCCC(=O)O)cccc1[N+](=O)[O-]. The molecule has 7 heteroatoms. The summed E-state index contributed by atoms with van der Waals surface area (Å²) in [6.07, 6.45) is 4.38. The van der Waals surface area contributed by atoms with Crippen molar-refractivity contribution in [3.63, 3.8) is 0 Å². The van der Waals surface area contributed by atoms with Gasteiger partial charge in [0.2, 0.25) is 0 Å². The Bertz CT molecular complexity index is 572. The zero-order chi connectivity index (χ0) is 17.2. The molecule has 0 aromatic heterocycles. The highest BCUT2D eigenvalue weighted by Crippen LogP contribution is 2.20. The van der Waals surface area contributed by atoms with Crippen LogP contribution in [0.25, 0.3) is 0 Å². The number of amides is 1. The maximum absolute atomic E-state index is 12.1. The number of rotatable bonds is 10. The van der Waals surface area contributed by atoms with Gasteiger partial charge in [-0.15, -0.1) is 0 Å². The standard InChI is InChI=1S/C16H22N2O5/c1-12-13(8-7-9-14(12)18(22)23)16(21)17-11-6-4-2-3-5-10-15(19)20/h7-9H,2-6,10-11H2,1H3,(H,17,21)(H,19,20). The van der Waals surface area contributed by atoms with E-state index in [2.05, 4.69) is 5.32 Å². The van der Waals surface area contributed by atoms with Crippen LogP contribution in [0.1, 0.15) is 54.4 Å². The van der Waals surface area contributed by atoms with Crippen LogP contribution in [0, 0.1) is 17.0 Å². The minimum atomic E-state index is -0.774. The summed E-state index contributed by atoms with van der Waals surface area (Å²) in [7, 11) is 0. The third-order valence-corrected chi connectivity index (χ3v) is 3.60. The third kappa shape index (κ3) is 6.46. The van der Waals surface area contributed by atoms with Crippen LogP contribution in [0.15, 0.2) is 18.2 Å². The largest absolute Gasteiger partial charge is 0.481 e. The fourth-order valence-corrected chi connectivity index (χ4v) is 2.30. The van der Waals surface area contributed by atoms with Gasteiger partial charge in [0.25, 0.3) is 11.6 Å². The van der Waals surface area contributed by atoms with Crippen LogP contribution >= 0.6 is 0 Å². The average molecular weight is 322 g/mol. The summed E-state index contributed by atoms with van der Waals surface area (Å²) in [6.45, 7) is 2.06. The van der Waals surface area contributed by atoms with Crippen molar-refractivity contribution in [2.24, 2.45) is 0 Å². The third-order valence-electron chi connectivity index (χ3n) is 3.60. The molecule has 0 saturated carbocycles. The van der Waals surface area contributed by atoms with Gasteiger partial charge < -0.3 is 10.4 Å². The van der Waals surface area contributed by atoms with Gasteiger partial charge in [-0.3, -0.25) is 19.7 Å². The number of nitrogens with zero attached hydrogens (tertiary/aromatic N) is 1. The van der Waals surface area contributed by atoms with Crippen LogP contribution in [0.3, 0.4) is 0 Å². The number of carboxylic acids is 1. The van der Waals surface area contributed by atoms with Gasteiger partial charge in [0.1, 0.15) is 0 Å². The van der Waals surface area contributed by atoms with Gasteiger partial charge >= 0.3 is 5.97 Å². The van der Waals surface area contributed by atoms with E-state index in [4.69, 9.17) is 5.11 Å². The molecule has 0 heterocycles. The van der Waals surface area contributed by atoms with Crippen molar-refractivity contribution in [3.05, 3.63) is 39.4 Å². The highest BCUT2D eigenvalue weighted by molar-refractivity contribution is 5.96. The topological polar surface area (TPSA) is 110 Å². The molecule has 0 aliphatic rings. The van der Waals surface area contributed by atoms with Crippen molar-refractivity contribution in [3.8, 4) is 0 Å². The van der Waals surface area contributed by atoms with Gasteiger partial charge in [-0.2, -0.15) is 0 Å². The molecule has 0 fully saturated rings. The van der Waals surface area contributed by atoms with Crippen molar-refractivity contribution in [2.45, 2.75) is 45.4 Å². The zero-order valence-electron chi connectivity index (χ0n) is 13.2. The van der Waals surface area contributed by atoms with E-state index in [1.165, 1.54) is 12.1 Å². The molecule has 0 spiro atoms. The lowest BCUT2D eigenvalue weighted by Gasteiger charge is -2.08. The molecule has 0 aliphatic carbocycles. The van der Waals surface area contributed by atoms with Gasteiger partial charge in [-0.05, 0) is 25.8 Å². The summed E-state index contributed by atoms with van der Waals surface area (Å²) >= 11 is 0. The highest BCUT2D eigenvalue weighted by atomic mass is 16.6. The molecule has 7 nitrogen and oxygen atoms in total. The molecular formula is C16H22N2O5. The summed E-state index contributed by atoms with van der Waals surface area (Å²) in [6, 6.07) is 4.45. The first-order valence-corrected chi connectivity index (χ1v) is 7.67. The maximum Gasteiger partial charge on any atom is 0.303 e. The van der Waals surface area contributed by atoms with E-state index in [-0.39, 0.29) is 18.0 Å². The average Bonchev–Trinajstić information content (AvgIpc) is 2.49. The second-order valence-corrected chi connectivity index (χ2v) is 5.37. The number of nitrogens with one attached hydrogen (secondary N) is 1. The molecule has 1 rings (SSSR count). The molecule has 23 heavy (non-hydrogen) atoms. The van der Waals surface area contributed by atoms with Crippen molar-refractivity contribution in [2.75, 3.05) is 6.54 Å². The summed E-state index contributed by atoms with van der Waals surface area (Å²) in [5.74, 6) is -1.08. The van der Waals surface area contributed by atoms with Gasteiger partial charge in [-0.25, -0.2) is 0 Å². The van der Waals surface area contributed by atoms with Crippen LogP contribution in [0.5, 0.6) is 0 Å². The normalized spacial score (nSPS) is 10.3. The Balaban J connectivity index is 2.31. The number of carboxylic acid groups (broad SMARTS) is 1. The van der Waals surface area contributed by atoms with Crippen molar-refractivity contribution in [1.29, 1.82) is 0 Å². The lowest BCUT2D eigenvalue weighted by atomic mass is 10.1. The first kappa shape index (κ1) is 18.6. The van der Waals surface area contributed by atoms with E-state index >= 15 is 0 Å². The number of nitro benzene ring substituents is 1. The van der Waals surface area contributed by atoms with Gasteiger partial charge in [0, 0.05) is 30.2 Å². The number of benzene rings is 1. The Labute approximate surface area is 134 Å². The fourth-order valence-electron chi connectivity index (χ4n) is 2.30. The number of hydrogen-bond acceptors (Lipinski definition) is 4. The van der Waals surface area contributed by atoms with Crippen LogP contribution in [0.4, 0.5) is 5.69 Å². The van der Waals surface area contributed by atoms with E-state index in [0.29, 0.717) is 24.1 Å². The highest BCUT2D eigenvalue weighted by Gasteiger charge is 2.17. The summed E-state index contributed by atoms with van der Waals surface area (Å²) in [4.78, 5) is 32.8. The number of carbonyl (C=O) groups excluding carboxylic acids is 1. The van der Waals surface area contributed by atoms with E-state index in [0.717, 1.165) is 25.7 Å². The van der Waals surface area contributed by atoms with Crippen molar-refractivity contribution >= 4 is 17.6 Å². The molecule has 1 aromatic rings. The second-order valence-electron chi connectivity index (χ2n) is 5.37. The Morgan fingerprint density at radius 2 is 1.83 bits per heavy atom. The molecule has 126 valence electrons. The maximum atomic E-state index is 12.1. The van der Waals surface area contributed by atoms with E-state index < -0.39 is 10.9 Å². The Morgan fingerprint density at radius 1 is 1.17 bits per heavy atom. The van der Waals surface area contributed by atoms with Crippen LogP contribution in [-0.4, -0.2) is 28.5 Å². The second kappa shape index (κ2) is 9.55. The first-order valence-electron chi connectivity index (χ1n) is 7.67. The molecular weight excluding hydrogens is 300 g/mol. The Kier molecular flexibility index (Phi) is 7.73. The predicted octanol–water partition coefficient (Wildman–Crippen LogP) is 3.06. The van der Waals surface area contributed by atoms with Gasteiger partial charge in [0.05, 0.1) is 4.92 Å². The van der Waals surface area contributed by atoms with Crippen LogP contribution in [-0.2, 0) is 4.79 Å². The fraction of sp³-hybridized carbons (Fsp3) is 0.500. The predicted molar refractivity (Wildman–Crippen MR) is 85.5 cm³/mol. The first-order chi connectivity index (χ1) is 10.9. The minimum absolute atomic E-state index is 0.0592. The monoisotopic (exact) mass is 322 g/mol. The van der Waals surface area contributed by atoms with E-state index in [1.807, 2.05) is 0 Å². The molecule has 0 radical (unpaired) electrons. The molecule has 0 aliphatic heterocycles. The summed E-state index contributed by atoms with van der Waals surface area (Å²) in [5, 5.41) is 22.1. The Morgan fingerprint density at radius 3 is 2.48 bits per heavy atom. The number of aliphatic carboxylic acids is 1.